The number of aromatic nitrogens is 4. The number of alkyl halides is 3. The first-order valence-electron chi connectivity index (χ1n) is 9.48. The molecule has 160 valence electrons. The number of nitrogens with zero attached hydrogens (tertiary/aromatic N) is 4. The van der Waals surface area contributed by atoms with Crippen molar-refractivity contribution in [1.29, 1.82) is 0 Å². The lowest BCUT2D eigenvalue weighted by Gasteiger charge is -2.11. The van der Waals surface area contributed by atoms with E-state index in [4.69, 9.17) is 4.74 Å². The first kappa shape index (κ1) is 21.5. The standard InChI is InChI=1S/C20H22F3N5O2/c1-3-24-18(29)9-17-15-12-28(27-16(15)4-6-25-17)11-14-8-13(2)19(26-10-14)30-7-5-20(21,22)23/h4,6,8,10,12H,3,5,7,9,11H2,1-2H3,(H,24,29). The Morgan fingerprint density at radius 2 is 2.10 bits per heavy atom. The SMILES string of the molecule is CCNC(=O)Cc1nccc2nn(Cc3cnc(OCCC(F)(F)F)c(C)c3)cc12. The number of halogens is 3. The summed E-state index contributed by atoms with van der Waals surface area (Å²) < 4.78 is 43.6. The number of carbonyl (C=O) groups is 1. The molecule has 0 atom stereocenters. The van der Waals surface area contributed by atoms with Gasteiger partial charge in [-0.05, 0) is 31.5 Å². The number of hydrogen-bond donors (Lipinski definition) is 1. The van der Waals surface area contributed by atoms with Gasteiger partial charge in [0.15, 0.2) is 0 Å². The average molecular weight is 421 g/mol. The van der Waals surface area contributed by atoms with Crippen LogP contribution in [0.3, 0.4) is 0 Å². The highest BCUT2D eigenvalue weighted by Crippen LogP contribution is 2.22. The molecule has 3 aromatic rings. The third kappa shape index (κ3) is 5.68. The van der Waals surface area contributed by atoms with Crippen LogP contribution in [-0.4, -0.2) is 45.0 Å². The Morgan fingerprint density at radius 1 is 1.30 bits per heavy atom. The van der Waals surface area contributed by atoms with Gasteiger partial charge < -0.3 is 10.1 Å². The van der Waals surface area contributed by atoms with Gasteiger partial charge in [0.1, 0.15) is 0 Å². The number of hydrogen-bond acceptors (Lipinski definition) is 5. The molecule has 3 rings (SSSR count). The normalized spacial score (nSPS) is 11.6. The molecule has 30 heavy (non-hydrogen) atoms. The number of pyridine rings is 2. The molecule has 0 aliphatic heterocycles. The van der Waals surface area contributed by atoms with Gasteiger partial charge in [-0.25, -0.2) is 4.98 Å². The number of likely N-dealkylation sites (N-methyl/N-ethyl adjacent to an activating group) is 1. The Bertz CT molecular complexity index is 1030. The molecule has 3 aromatic heterocycles. The summed E-state index contributed by atoms with van der Waals surface area (Å²) in [5, 5.41) is 8.05. The Morgan fingerprint density at radius 3 is 2.80 bits per heavy atom. The van der Waals surface area contributed by atoms with Crippen LogP contribution in [0.5, 0.6) is 5.88 Å². The summed E-state index contributed by atoms with van der Waals surface area (Å²) >= 11 is 0. The van der Waals surface area contributed by atoms with Gasteiger partial charge in [-0.1, -0.05) is 0 Å². The van der Waals surface area contributed by atoms with Crippen molar-refractivity contribution in [3.8, 4) is 5.88 Å². The van der Waals surface area contributed by atoms with Crippen LogP contribution in [0.2, 0.25) is 0 Å². The van der Waals surface area contributed by atoms with E-state index >= 15 is 0 Å². The fraction of sp³-hybridized carbons (Fsp3) is 0.400. The molecule has 7 nitrogen and oxygen atoms in total. The van der Waals surface area contributed by atoms with Crippen molar-refractivity contribution >= 4 is 16.8 Å². The number of carbonyl (C=O) groups excluding carboxylic acids is 1. The van der Waals surface area contributed by atoms with E-state index in [0.29, 0.717) is 24.3 Å². The van der Waals surface area contributed by atoms with E-state index in [-0.39, 0.29) is 18.2 Å². The van der Waals surface area contributed by atoms with E-state index in [9.17, 15) is 18.0 Å². The number of aryl methyl sites for hydroxylation is 1. The summed E-state index contributed by atoms with van der Waals surface area (Å²) in [6.07, 6.45) is -0.131. The number of fused-ring (bicyclic) bond motifs is 1. The summed E-state index contributed by atoms with van der Waals surface area (Å²) in [5.74, 6) is 0.0771. The fourth-order valence-corrected chi connectivity index (χ4v) is 2.99. The minimum Gasteiger partial charge on any atom is -0.477 e. The molecule has 10 heteroatoms. The zero-order valence-corrected chi connectivity index (χ0v) is 16.7. The van der Waals surface area contributed by atoms with E-state index in [1.165, 1.54) is 0 Å². The summed E-state index contributed by atoms with van der Waals surface area (Å²) in [6.45, 7) is 4.07. The zero-order chi connectivity index (χ0) is 21.7. The van der Waals surface area contributed by atoms with Crippen molar-refractivity contribution in [3.05, 3.63) is 47.5 Å². The summed E-state index contributed by atoms with van der Waals surface area (Å²) in [6, 6.07) is 3.57. The van der Waals surface area contributed by atoms with Crippen LogP contribution in [0.15, 0.2) is 30.7 Å². The molecule has 0 radical (unpaired) electrons. The largest absolute Gasteiger partial charge is 0.477 e. The Hall–Kier alpha value is -3.17. The second-order valence-electron chi connectivity index (χ2n) is 6.83. The van der Waals surface area contributed by atoms with E-state index < -0.39 is 19.2 Å². The third-order valence-corrected chi connectivity index (χ3v) is 4.32. The molecule has 0 aromatic carbocycles. The summed E-state index contributed by atoms with van der Waals surface area (Å²) in [7, 11) is 0. The second kappa shape index (κ2) is 9.10. The minimum atomic E-state index is -4.26. The highest BCUT2D eigenvalue weighted by molar-refractivity contribution is 5.86. The molecule has 0 spiro atoms. The summed E-state index contributed by atoms with van der Waals surface area (Å²) in [5.41, 5.74) is 2.83. The first-order valence-corrected chi connectivity index (χ1v) is 9.48. The Labute approximate surface area is 171 Å². The average Bonchev–Trinajstić information content (AvgIpc) is 3.06. The molecule has 3 heterocycles. The molecule has 0 fully saturated rings. The quantitative estimate of drug-likeness (QED) is 0.604. The number of nitrogens with one attached hydrogen (secondary N) is 1. The predicted molar refractivity (Wildman–Crippen MR) is 104 cm³/mol. The van der Waals surface area contributed by atoms with E-state index in [1.807, 2.05) is 13.1 Å². The maximum absolute atomic E-state index is 12.3. The zero-order valence-electron chi connectivity index (χ0n) is 16.7. The van der Waals surface area contributed by atoms with E-state index in [0.717, 1.165) is 16.5 Å². The van der Waals surface area contributed by atoms with E-state index in [1.54, 1.807) is 36.1 Å². The smallest absolute Gasteiger partial charge is 0.392 e. The lowest BCUT2D eigenvalue weighted by atomic mass is 10.2. The van der Waals surface area contributed by atoms with Gasteiger partial charge >= 0.3 is 6.18 Å². The Balaban J connectivity index is 1.71. The van der Waals surface area contributed by atoms with Crippen LogP contribution in [-0.2, 0) is 17.8 Å². The summed E-state index contributed by atoms with van der Waals surface area (Å²) in [4.78, 5) is 20.3. The van der Waals surface area contributed by atoms with Crippen LogP contribution in [0, 0.1) is 6.92 Å². The van der Waals surface area contributed by atoms with E-state index in [2.05, 4.69) is 20.4 Å². The molecule has 0 aliphatic rings. The lowest BCUT2D eigenvalue weighted by Crippen LogP contribution is -2.24. The predicted octanol–water partition coefficient (Wildman–Crippen LogP) is 3.19. The van der Waals surface area contributed by atoms with Gasteiger partial charge in [-0.15, -0.1) is 0 Å². The number of amides is 1. The maximum Gasteiger partial charge on any atom is 0.392 e. The molecule has 0 saturated heterocycles. The first-order chi connectivity index (χ1) is 14.2. The fourth-order valence-electron chi connectivity index (χ4n) is 2.99. The maximum atomic E-state index is 12.3. The lowest BCUT2D eigenvalue weighted by molar-refractivity contribution is -0.139. The van der Waals surface area contributed by atoms with Crippen molar-refractivity contribution < 1.29 is 22.7 Å². The van der Waals surface area contributed by atoms with Gasteiger partial charge in [-0.3, -0.25) is 14.5 Å². The number of rotatable bonds is 8. The second-order valence-corrected chi connectivity index (χ2v) is 6.83. The van der Waals surface area contributed by atoms with Gasteiger partial charge in [0, 0.05) is 36.1 Å². The minimum absolute atomic E-state index is 0.105. The Kier molecular flexibility index (Phi) is 6.53. The molecule has 1 amide bonds. The molecule has 1 N–H and O–H groups in total. The molecular weight excluding hydrogens is 399 g/mol. The number of ether oxygens (including phenoxy) is 1. The molecular formula is C20H22F3N5O2. The van der Waals surface area contributed by atoms with Gasteiger partial charge in [0.05, 0.1) is 37.2 Å². The topological polar surface area (TPSA) is 81.9 Å². The van der Waals surface area contributed by atoms with Gasteiger partial charge in [-0.2, -0.15) is 18.3 Å². The van der Waals surface area contributed by atoms with Crippen LogP contribution in [0.25, 0.3) is 10.9 Å². The van der Waals surface area contributed by atoms with Gasteiger partial charge in [0.25, 0.3) is 0 Å². The highest BCUT2D eigenvalue weighted by Gasteiger charge is 2.27. The van der Waals surface area contributed by atoms with Crippen molar-refractivity contribution in [2.75, 3.05) is 13.2 Å². The van der Waals surface area contributed by atoms with Crippen LogP contribution < -0.4 is 10.1 Å². The molecule has 0 bridgehead atoms. The highest BCUT2D eigenvalue weighted by atomic mass is 19.4. The van der Waals surface area contributed by atoms with Crippen molar-refractivity contribution in [3.63, 3.8) is 0 Å². The van der Waals surface area contributed by atoms with Crippen molar-refractivity contribution in [2.45, 2.75) is 39.4 Å². The van der Waals surface area contributed by atoms with Crippen LogP contribution in [0.4, 0.5) is 13.2 Å². The van der Waals surface area contributed by atoms with Crippen LogP contribution >= 0.6 is 0 Å². The van der Waals surface area contributed by atoms with Crippen molar-refractivity contribution in [1.82, 2.24) is 25.1 Å². The van der Waals surface area contributed by atoms with Crippen molar-refractivity contribution in [2.24, 2.45) is 0 Å². The third-order valence-electron chi connectivity index (χ3n) is 4.32. The molecule has 0 unspecified atom stereocenters. The molecule has 0 aliphatic carbocycles. The monoisotopic (exact) mass is 421 g/mol. The van der Waals surface area contributed by atoms with Gasteiger partial charge in [0.2, 0.25) is 11.8 Å². The molecule has 0 saturated carbocycles. The van der Waals surface area contributed by atoms with Crippen LogP contribution in [0.1, 0.15) is 30.2 Å².